The highest BCUT2D eigenvalue weighted by Gasteiger charge is 2.07. The molecule has 1 nitrogen and oxygen atoms in total. The lowest BCUT2D eigenvalue weighted by atomic mass is 10.0. The Labute approximate surface area is 97.7 Å². The Morgan fingerprint density at radius 2 is 1.94 bits per heavy atom. The molecule has 84 valence electrons. The molecule has 1 heteroatoms. The van der Waals surface area contributed by atoms with Crippen molar-refractivity contribution in [3.63, 3.8) is 0 Å². The Balaban J connectivity index is 2.34. The van der Waals surface area contributed by atoms with Crippen LogP contribution in [0.15, 0.2) is 36.5 Å². The predicted octanol–water partition coefficient (Wildman–Crippen LogP) is 3.25. The van der Waals surface area contributed by atoms with Crippen molar-refractivity contribution in [3.05, 3.63) is 42.1 Å². The zero-order chi connectivity index (χ0) is 11.5. The fourth-order valence-corrected chi connectivity index (χ4v) is 2.08. The summed E-state index contributed by atoms with van der Waals surface area (Å²) in [4.78, 5) is 0. The number of pyridine rings is 1. The van der Waals surface area contributed by atoms with Crippen molar-refractivity contribution in [1.29, 1.82) is 0 Å². The Kier molecular flexibility index (Phi) is 3.23. The molecule has 0 saturated carbocycles. The van der Waals surface area contributed by atoms with E-state index in [1.807, 2.05) is 0 Å². The molecule has 1 aromatic carbocycles. The number of aromatic nitrogens is 1. The van der Waals surface area contributed by atoms with Gasteiger partial charge in [-0.1, -0.05) is 26.0 Å². The summed E-state index contributed by atoms with van der Waals surface area (Å²) in [6.07, 6.45) is 4.69. The molecule has 0 atom stereocenters. The van der Waals surface area contributed by atoms with Gasteiger partial charge in [0.15, 0.2) is 6.20 Å². The van der Waals surface area contributed by atoms with Crippen LogP contribution in [0.1, 0.15) is 25.8 Å². The smallest absolute Gasteiger partial charge is 0.201 e. The van der Waals surface area contributed by atoms with Crippen molar-refractivity contribution in [2.24, 2.45) is 13.0 Å². The second kappa shape index (κ2) is 4.65. The number of rotatable bonds is 3. The Morgan fingerprint density at radius 3 is 2.69 bits per heavy atom. The van der Waals surface area contributed by atoms with Crippen LogP contribution in [0.2, 0.25) is 0 Å². The molecule has 0 spiro atoms. The molecule has 0 fully saturated rings. The molecule has 0 N–H and O–H groups in total. The first-order valence-electron chi connectivity index (χ1n) is 6.04. The molecular formula is C15H20N+. The van der Waals surface area contributed by atoms with Crippen molar-refractivity contribution < 1.29 is 4.57 Å². The van der Waals surface area contributed by atoms with Gasteiger partial charge in [-0.2, -0.15) is 0 Å². The first-order chi connectivity index (χ1) is 7.66. The molecule has 2 rings (SSSR count). The summed E-state index contributed by atoms with van der Waals surface area (Å²) in [5.74, 6) is 0.775. The summed E-state index contributed by atoms with van der Waals surface area (Å²) in [5.41, 5.74) is 2.74. The molecule has 0 aliphatic rings. The summed E-state index contributed by atoms with van der Waals surface area (Å²) >= 11 is 0. The second-order valence-corrected chi connectivity index (χ2v) is 4.95. The molecule has 2 aromatic rings. The van der Waals surface area contributed by atoms with Crippen molar-refractivity contribution >= 4 is 10.9 Å². The highest BCUT2D eigenvalue weighted by Crippen LogP contribution is 2.14. The first-order valence-corrected chi connectivity index (χ1v) is 6.04. The molecule has 0 radical (unpaired) electrons. The summed E-state index contributed by atoms with van der Waals surface area (Å²) in [7, 11) is 2.13. The molecular weight excluding hydrogens is 194 g/mol. The largest absolute Gasteiger partial charge is 0.212 e. The molecule has 1 heterocycles. The highest BCUT2D eigenvalue weighted by atomic mass is 14.9. The maximum Gasteiger partial charge on any atom is 0.212 e. The summed E-state index contributed by atoms with van der Waals surface area (Å²) in [6.45, 7) is 4.56. The van der Waals surface area contributed by atoms with Gasteiger partial charge in [0.05, 0.1) is 0 Å². The van der Waals surface area contributed by atoms with E-state index in [0.717, 1.165) is 5.92 Å². The van der Waals surface area contributed by atoms with Crippen LogP contribution in [0.3, 0.4) is 0 Å². The topological polar surface area (TPSA) is 3.88 Å². The van der Waals surface area contributed by atoms with Gasteiger partial charge in [-0.25, -0.2) is 4.57 Å². The minimum absolute atomic E-state index is 0.775. The van der Waals surface area contributed by atoms with Crippen molar-refractivity contribution in [2.45, 2.75) is 26.7 Å². The van der Waals surface area contributed by atoms with Crippen molar-refractivity contribution in [2.75, 3.05) is 0 Å². The molecule has 1 aromatic heterocycles. The van der Waals surface area contributed by atoms with E-state index >= 15 is 0 Å². The third kappa shape index (κ3) is 2.41. The lowest BCUT2D eigenvalue weighted by Crippen LogP contribution is -2.29. The van der Waals surface area contributed by atoms with Crippen LogP contribution in [0.5, 0.6) is 0 Å². The van der Waals surface area contributed by atoms with Gasteiger partial charge in [-0.15, -0.1) is 0 Å². The molecule has 0 saturated heterocycles. The fraction of sp³-hybridized carbons (Fsp3) is 0.400. The first kappa shape index (κ1) is 11.1. The fourth-order valence-electron chi connectivity index (χ4n) is 2.08. The minimum atomic E-state index is 0.775. The van der Waals surface area contributed by atoms with E-state index in [1.54, 1.807) is 0 Å². The van der Waals surface area contributed by atoms with Crippen LogP contribution in [0.25, 0.3) is 10.9 Å². The second-order valence-electron chi connectivity index (χ2n) is 4.95. The van der Waals surface area contributed by atoms with Crippen LogP contribution in [-0.2, 0) is 13.5 Å². The number of fused-ring (bicyclic) bond motifs is 1. The maximum atomic E-state index is 2.32. The number of hydrogen-bond donors (Lipinski definition) is 0. The average molecular weight is 214 g/mol. The molecule has 0 bridgehead atoms. The minimum Gasteiger partial charge on any atom is -0.201 e. The third-order valence-electron chi connectivity index (χ3n) is 3.03. The zero-order valence-electron chi connectivity index (χ0n) is 10.4. The third-order valence-corrected chi connectivity index (χ3v) is 3.03. The van der Waals surface area contributed by atoms with Crippen LogP contribution in [-0.4, -0.2) is 0 Å². The van der Waals surface area contributed by atoms with E-state index in [1.165, 1.54) is 29.3 Å². The summed E-state index contributed by atoms with van der Waals surface area (Å²) < 4.78 is 2.23. The Morgan fingerprint density at radius 1 is 1.19 bits per heavy atom. The SMILES string of the molecule is CC(C)CCc1cc2ccccc2[n+](C)c1. The lowest BCUT2D eigenvalue weighted by Gasteiger charge is -2.05. The van der Waals surface area contributed by atoms with Crippen LogP contribution in [0.4, 0.5) is 0 Å². The van der Waals surface area contributed by atoms with E-state index < -0.39 is 0 Å². The lowest BCUT2D eigenvalue weighted by molar-refractivity contribution is -0.645. The quantitative estimate of drug-likeness (QED) is 0.690. The van der Waals surface area contributed by atoms with Gasteiger partial charge in [0.2, 0.25) is 5.52 Å². The summed E-state index contributed by atoms with van der Waals surface area (Å²) in [6, 6.07) is 10.9. The van der Waals surface area contributed by atoms with Gasteiger partial charge in [-0.05, 0) is 30.9 Å². The highest BCUT2D eigenvalue weighted by molar-refractivity contribution is 5.75. The molecule has 16 heavy (non-hydrogen) atoms. The Hall–Kier alpha value is -1.37. The van der Waals surface area contributed by atoms with Gasteiger partial charge in [-0.3, -0.25) is 0 Å². The molecule has 0 aliphatic heterocycles. The average Bonchev–Trinajstić information content (AvgIpc) is 2.26. The number of nitrogens with zero attached hydrogens (tertiary/aromatic N) is 1. The number of para-hydroxylation sites is 1. The van der Waals surface area contributed by atoms with Gasteiger partial charge in [0.1, 0.15) is 7.05 Å². The van der Waals surface area contributed by atoms with E-state index in [-0.39, 0.29) is 0 Å². The van der Waals surface area contributed by atoms with E-state index in [2.05, 4.69) is 62.0 Å². The van der Waals surface area contributed by atoms with Gasteiger partial charge in [0, 0.05) is 17.0 Å². The molecule has 0 unspecified atom stereocenters. The molecule has 0 amide bonds. The molecule has 0 aliphatic carbocycles. The van der Waals surface area contributed by atoms with Crippen molar-refractivity contribution in [1.82, 2.24) is 0 Å². The van der Waals surface area contributed by atoms with Crippen LogP contribution in [0, 0.1) is 5.92 Å². The standard InChI is InChI=1S/C15H20N/c1-12(2)8-9-13-10-14-6-4-5-7-15(14)16(3)11-13/h4-7,10-12H,8-9H2,1-3H3/q+1. The normalized spacial score (nSPS) is 11.2. The maximum absolute atomic E-state index is 2.32. The summed E-state index contributed by atoms with van der Waals surface area (Å²) in [5, 5.41) is 1.34. The van der Waals surface area contributed by atoms with Crippen molar-refractivity contribution in [3.8, 4) is 0 Å². The van der Waals surface area contributed by atoms with Gasteiger partial charge < -0.3 is 0 Å². The number of aryl methyl sites for hydroxylation is 2. The van der Waals surface area contributed by atoms with Crippen LogP contribution >= 0.6 is 0 Å². The predicted molar refractivity (Wildman–Crippen MR) is 68.3 cm³/mol. The van der Waals surface area contributed by atoms with Crippen LogP contribution < -0.4 is 4.57 Å². The van der Waals surface area contributed by atoms with E-state index in [9.17, 15) is 0 Å². The number of benzene rings is 1. The van der Waals surface area contributed by atoms with Gasteiger partial charge in [0.25, 0.3) is 0 Å². The van der Waals surface area contributed by atoms with Gasteiger partial charge >= 0.3 is 0 Å². The van der Waals surface area contributed by atoms with E-state index in [0.29, 0.717) is 0 Å². The monoisotopic (exact) mass is 214 g/mol. The number of hydrogen-bond acceptors (Lipinski definition) is 0. The Bertz CT molecular complexity index is 486. The van der Waals surface area contributed by atoms with E-state index in [4.69, 9.17) is 0 Å². The zero-order valence-corrected chi connectivity index (χ0v) is 10.4.